The molecule has 0 unspecified atom stereocenters. The second-order valence-electron chi connectivity index (χ2n) is 4.64. The molecule has 3 rings (SSSR count). The average Bonchev–Trinajstić information content (AvgIpc) is 2.94. The third-order valence-corrected chi connectivity index (χ3v) is 3.17. The van der Waals surface area contributed by atoms with Crippen molar-refractivity contribution in [2.24, 2.45) is 10.2 Å². The molecular weight excluding hydrogens is 297 g/mol. The molecule has 0 spiro atoms. The molecule has 0 aliphatic rings. The van der Waals surface area contributed by atoms with Gasteiger partial charge in [0.15, 0.2) is 5.69 Å². The summed E-state index contributed by atoms with van der Waals surface area (Å²) in [4.78, 5) is 11.9. The molecule has 0 amide bonds. The van der Waals surface area contributed by atoms with Gasteiger partial charge in [-0.1, -0.05) is 12.1 Å². The van der Waals surface area contributed by atoms with E-state index in [1.807, 2.05) is 6.07 Å². The highest BCUT2D eigenvalue weighted by molar-refractivity contribution is 5.71. The van der Waals surface area contributed by atoms with Crippen LogP contribution in [0.1, 0.15) is 5.56 Å². The highest BCUT2D eigenvalue weighted by Gasteiger charge is 2.12. The number of azo groups is 1. The van der Waals surface area contributed by atoms with Gasteiger partial charge in [-0.05, 0) is 36.4 Å². The van der Waals surface area contributed by atoms with Crippen LogP contribution in [0.25, 0.3) is 11.3 Å². The van der Waals surface area contributed by atoms with E-state index in [9.17, 15) is 9.18 Å². The first-order valence-electron chi connectivity index (χ1n) is 6.66. The Kier molecular flexibility index (Phi) is 3.80. The van der Waals surface area contributed by atoms with Gasteiger partial charge in [-0.3, -0.25) is 15.0 Å². The van der Waals surface area contributed by atoms with Crippen molar-refractivity contribution in [2.75, 3.05) is 0 Å². The van der Waals surface area contributed by atoms with Crippen molar-refractivity contribution < 1.29 is 4.39 Å². The Morgan fingerprint density at radius 1 is 1.00 bits per heavy atom. The Labute approximate surface area is 129 Å². The standard InChI is InChI=1S/C16H10FN5O/c17-12-7-5-10(6-8-12)14-15(16(23)22-20-14)21-19-13-4-2-1-3-11(13)9-18/h1-8H,(H2,20,22,23). The minimum atomic E-state index is -0.456. The summed E-state index contributed by atoms with van der Waals surface area (Å²) < 4.78 is 13.0. The molecule has 0 atom stereocenters. The number of rotatable bonds is 3. The van der Waals surface area contributed by atoms with Crippen molar-refractivity contribution in [1.82, 2.24) is 10.2 Å². The van der Waals surface area contributed by atoms with Gasteiger partial charge in [-0.25, -0.2) is 4.39 Å². The Balaban J connectivity index is 2.03. The molecule has 2 N–H and O–H groups in total. The van der Waals surface area contributed by atoms with Crippen LogP contribution in [0.4, 0.5) is 15.8 Å². The van der Waals surface area contributed by atoms with Crippen LogP contribution < -0.4 is 5.56 Å². The summed E-state index contributed by atoms with van der Waals surface area (Å²) >= 11 is 0. The summed E-state index contributed by atoms with van der Waals surface area (Å²) in [5.74, 6) is -0.377. The van der Waals surface area contributed by atoms with Gasteiger partial charge >= 0.3 is 0 Å². The predicted octanol–water partition coefficient (Wildman–Crippen LogP) is 3.80. The molecule has 0 fully saturated rings. The molecule has 0 aliphatic heterocycles. The third kappa shape index (κ3) is 2.91. The van der Waals surface area contributed by atoms with Crippen LogP contribution in [0.5, 0.6) is 0 Å². The summed E-state index contributed by atoms with van der Waals surface area (Å²) in [6, 6.07) is 14.3. The van der Waals surface area contributed by atoms with Crippen molar-refractivity contribution in [3.05, 3.63) is 70.3 Å². The van der Waals surface area contributed by atoms with Gasteiger partial charge in [0.2, 0.25) is 0 Å². The maximum atomic E-state index is 13.0. The van der Waals surface area contributed by atoms with Crippen LogP contribution in [0.3, 0.4) is 0 Å². The average molecular weight is 307 g/mol. The van der Waals surface area contributed by atoms with Gasteiger partial charge in [0.1, 0.15) is 17.6 Å². The normalized spacial score (nSPS) is 10.8. The molecule has 0 aliphatic carbocycles. The molecule has 0 saturated carbocycles. The molecule has 23 heavy (non-hydrogen) atoms. The molecule has 0 radical (unpaired) electrons. The molecule has 1 aromatic heterocycles. The van der Waals surface area contributed by atoms with Crippen LogP contribution in [0.15, 0.2) is 63.6 Å². The number of aromatic amines is 2. The highest BCUT2D eigenvalue weighted by atomic mass is 19.1. The summed E-state index contributed by atoms with van der Waals surface area (Å²) in [6.45, 7) is 0. The predicted molar refractivity (Wildman–Crippen MR) is 82.1 cm³/mol. The molecular formula is C16H10FN5O. The van der Waals surface area contributed by atoms with E-state index in [1.165, 1.54) is 24.3 Å². The number of nitrogens with one attached hydrogen (secondary N) is 2. The highest BCUT2D eigenvalue weighted by Crippen LogP contribution is 2.27. The molecule has 112 valence electrons. The number of aromatic nitrogens is 2. The largest absolute Gasteiger partial charge is 0.295 e. The van der Waals surface area contributed by atoms with E-state index in [1.54, 1.807) is 24.3 Å². The lowest BCUT2D eigenvalue weighted by atomic mass is 10.1. The maximum absolute atomic E-state index is 13.0. The monoisotopic (exact) mass is 307 g/mol. The first-order valence-corrected chi connectivity index (χ1v) is 6.66. The topological polar surface area (TPSA) is 97.2 Å². The minimum Gasteiger partial charge on any atom is -0.295 e. The van der Waals surface area contributed by atoms with Crippen LogP contribution in [-0.2, 0) is 0 Å². The Bertz CT molecular complexity index is 963. The lowest BCUT2D eigenvalue weighted by molar-refractivity contribution is 0.628. The second-order valence-corrected chi connectivity index (χ2v) is 4.64. The molecule has 1 heterocycles. The molecule has 3 aromatic rings. The third-order valence-electron chi connectivity index (χ3n) is 3.17. The fourth-order valence-corrected chi connectivity index (χ4v) is 2.03. The summed E-state index contributed by atoms with van der Waals surface area (Å²) in [5.41, 5.74) is 1.31. The van der Waals surface area contributed by atoms with E-state index in [2.05, 4.69) is 20.4 Å². The lowest BCUT2D eigenvalue weighted by Crippen LogP contribution is -1.96. The fourth-order valence-electron chi connectivity index (χ4n) is 2.03. The van der Waals surface area contributed by atoms with Gasteiger partial charge in [0, 0.05) is 5.56 Å². The van der Waals surface area contributed by atoms with Crippen molar-refractivity contribution >= 4 is 11.4 Å². The van der Waals surface area contributed by atoms with Crippen LogP contribution in [-0.4, -0.2) is 10.2 Å². The molecule has 6 nitrogen and oxygen atoms in total. The Hall–Kier alpha value is -3.53. The first-order chi connectivity index (χ1) is 11.2. The molecule has 7 heteroatoms. The zero-order valence-electron chi connectivity index (χ0n) is 11.7. The van der Waals surface area contributed by atoms with Crippen molar-refractivity contribution in [3.63, 3.8) is 0 Å². The number of hydrogen-bond donors (Lipinski definition) is 2. The quantitative estimate of drug-likeness (QED) is 0.720. The van der Waals surface area contributed by atoms with Gasteiger partial charge < -0.3 is 0 Å². The van der Waals surface area contributed by atoms with E-state index < -0.39 is 5.56 Å². The summed E-state index contributed by atoms with van der Waals surface area (Å²) in [6.07, 6.45) is 0. The van der Waals surface area contributed by atoms with E-state index in [4.69, 9.17) is 5.26 Å². The van der Waals surface area contributed by atoms with E-state index in [0.29, 0.717) is 22.5 Å². The maximum Gasteiger partial charge on any atom is 0.292 e. The number of nitrogens with zero attached hydrogens (tertiary/aromatic N) is 3. The first kappa shape index (κ1) is 14.4. The van der Waals surface area contributed by atoms with Crippen LogP contribution in [0.2, 0.25) is 0 Å². The minimum absolute atomic E-state index is 0.0596. The van der Waals surface area contributed by atoms with Crippen LogP contribution in [0, 0.1) is 17.1 Å². The molecule has 0 bridgehead atoms. The van der Waals surface area contributed by atoms with Gasteiger partial charge in [0.05, 0.1) is 11.3 Å². The van der Waals surface area contributed by atoms with Crippen molar-refractivity contribution in [2.45, 2.75) is 0 Å². The van der Waals surface area contributed by atoms with Crippen molar-refractivity contribution in [1.29, 1.82) is 5.26 Å². The summed E-state index contributed by atoms with van der Waals surface area (Å²) in [5, 5.41) is 22.1. The zero-order valence-corrected chi connectivity index (χ0v) is 11.7. The van der Waals surface area contributed by atoms with E-state index >= 15 is 0 Å². The second kappa shape index (κ2) is 6.07. The van der Waals surface area contributed by atoms with Gasteiger partial charge in [-0.2, -0.15) is 5.26 Å². The van der Waals surface area contributed by atoms with E-state index in [0.717, 1.165) is 0 Å². The number of hydrogen-bond acceptors (Lipinski definition) is 4. The zero-order chi connectivity index (χ0) is 16.2. The van der Waals surface area contributed by atoms with Crippen LogP contribution >= 0.6 is 0 Å². The van der Waals surface area contributed by atoms with Gasteiger partial charge in [-0.15, -0.1) is 10.2 Å². The lowest BCUT2D eigenvalue weighted by Gasteiger charge is -1.99. The Morgan fingerprint density at radius 2 is 1.74 bits per heavy atom. The number of benzene rings is 2. The summed E-state index contributed by atoms with van der Waals surface area (Å²) in [7, 11) is 0. The number of nitriles is 1. The fraction of sp³-hybridized carbons (Fsp3) is 0. The van der Waals surface area contributed by atoms with E-state index in [-0.39, 0.29) is 11.5 Å². The van der Waals surface area contributed by atoms with Gasteiger partial charge in [0.25, 0.3) is 5.56 Å². The smallest absolute Gasteiger partial charge is 0.292 e. The number of H-pyrrole nitrogens is 2. The molecule has 2 aromatic carbocycles. The number of halogens is 1. The van der Waals surface area contributed by atoms with Crippen molar-refractivity contribution in [3.8, 4) is 17.3 Å². The Morgan fingerprint density at radius 3 is 2.48 bits per heavy atom. The molecule has 0 saturated heterocycles. The SMILES string of the molecule is N#Cc1ccccc1N=Nc1c(-c2ccc(F)cc2)[nH][nH]c1=O.